The monoisotopic (exact) mass is 501 g/mol. The zero-order valence-electron chi connectivity index (χ0n) is 21.5. The van der Waals surface area contributed by atoms with Crippen molar-refractivity contribution in [2.24, 2.45) is 0 Å². The Kier molecular flexibility index (Phi) is 6.77. The van der Waals surface area contributed by atoms with Crippen LogP contribution in [-0.4, -0.2) is 31.4 Å². The Morgan fingerprint density at radius 2 is 1.55 bits per heavy atom. The molecule has 1 N–H and O–H groups in total. The van der Waals surface area contributed by atoms with Crippen LogP contribution in [0.5, 0.6) is 5.75 Å². The summed E-state index contributed by atoms with van der Waals surface area (Å²) in [4.78, 5) is 3.44. The number of nitrogens with zero attached hydrogens (tertiary/aromatic N) is 4. The van der Waals surface area contributed by atoms with Crippen LogP contribution in [0.4, 0.5) is 0 Å². The highest BCUT2D eigenvalue weighted by Crippen LogP contribution is 2.28. The van der Waals surface area contributed by atoms with E-state index in [9.17, 15) is 0 Å². The van der Waals surface area contributed by atoms with E-state index in [4.69, 9.17) is 14.9 Å². The number of fused-ring (bicyclic) bond motifs is 1. The molecule has 0 radical (unpaired) electrons. The number of rotatable bonds is 10. The Morgan fingerprint density at radius 3 is 2.34 bits per heavy atom. The molecule has 6 rings (SSSR count). The van der Waals surface area contributed by atoms with Crippen LogP contribution in [0.3, 0.4) is 0 Å². The summed E-state index contributed by atoms with van der Waals surface area (Å²) in [5, 5.41) is 10.8. The van der Waals surface area contributed by atoms with Crippen molar-refractivity contribution in [2.75, 3.05) is 7.11 Å². The third kappa shape index (κ3) is 4.98. The summed E-state index contributed by atoms with van der Waals surface area (Å²) in [6.45, 7) is 0.697. The molecule has 0 aliphatic rings. The summed E-state index contributed by atoms with van der Waals surface area (Å²) in [6, 6.07) is 31.5. The Morgan fingerprint density at radius 1 is 0.789 bits per heavy atom. The lowest BCUT2D eigenvalue weighted by molar-refractivity contribution is 0.414. The van der Waals surface area contributed by atoms with Gasteiger partial charge in [-0.2, -0.15) is 0 Å². The summed E-state index contributed by atoms with van der Waals surface area (Å²) in [6.07, 6.45) is 8.90. The highest BCUT2D eigenvalue weighted by atomic mass is 16.5. The third-order valence-electron chi connectivity index (χ3n) is 7.21. The van der Waals surface area contributed by atoms with Crippen molar-refractivity contribution in [3.63, 3.8) is 0 Å². The minimum absolute atomic E-state index is 0.000398. The molecular weight excluding hydrogens is 470 g/mol. The van der Waals surface area contributed by atoms with Gasteiger partial charge in [-0.05, 0) is 53.4 Å². The van der Waals surface area contributed by atoms with Crippen molar-refractivity contribution >= 4 is 10.9 Å². The Labute approximate surface area is 222 Å². The minimum atomic E-state index is 0.000398. The van der Waals surface area contributed by atoms with Gasteiger partial charge in [-0.3, -0.25) is 0 Å². The van der Waals surface area contributed by atoms with Gasteiger partial charge in [-0.1, -0.05) is 60.7 Å². The summed E-state index contributed by atoms with van der Waals surface area (Å²) in [5.41, 5.74) is 4.90. The van der Waals surface area contributed by atoms with Crippen LogP contribution in [0.25, 0.3) is 10.9 Å². The molecule has 0 aliphatic carbocycles. The second-order valence-corrected chi connectivity index (χ2v) is 9.60. The Bertz CT molecular complexity index is 1600. The summed E-state index contributed by atoms with van der Waals surface area (Å²) >= 11 is 0. The van der Waals surface area contributed by atoms with Crippen molar-refractivity contribution in [1.29, 1.82) is 0 Å². The molecule has 0 aliphatic heterocycles. The van der Waals surface area contributed by atoms with E-state index in [0.717, 1.165) is 42.2 Å². The molecule has 1 unspecified atom stereocenters. The molecule has 190 valence electrons. The first-order valence-corrected chi connectivity index (χ1v) is 13.0. The Hall–Kier alpha value is -4.58. The van der Waals surface area contributed by atoms with Crippen molar-refractivity contribution in [3.8, 4) is 5.75 Å². The number of ether oxygens (including phenoxy) is 1. The summed E-state index contributed by atoms with van der Waals surface area (Å²) < 4.78 is 9.94. The molecule has 3 heterocycles. The minimum Gasteiger partial charge on any atom is -0.497 e. The number of nitrogens with one attached hydrogen (secondary N) is 1. The number of aryl methyl sites for hydroxylation is 2. The second kappa shape index (κ2) is 10.8. The molecule has 3 aromatic carbocycles. The molecule has 1 atom stereocenters. The number of hydrogen-bond acceptors (Lipinski definition) is 3. The predicted octanol–water partition coefficient (Wildman–Crippen LogP) is 6.24. The first kappa shape index (κ1) is 23.8. The number of benzene rings is 3. The van der Waals surface area contributed by atoms with Gasteiger partial charge >= 0.3 is 0 Å². The van der Waals surface area contributed by atoms with Crippen molar-refractivity contribution in [3.05, 3.63) is 138 Å². The zero-order valence-corrected chi connectivity index (χ0v) is 21.5. The fourth-order valence-corrected chi connectivity index (χ4v) is 5.16. The molecular formula is C32H31N5O. The molecule has 6 heteroatoms. The van der Waals surface area contributed by atoms with Gasteiger partial charge in [0.05, 0.1) is 19.7 Å². The topological polar surface area (TPSA) is 60.7 Å². The average Bonchev–Trinajstić information content (AvgIpc) is 3.73. The number of para-hydroxylation sites is 1. The maximum atomic E-state index is 5.38. The van der Waals surface area contributed by atoms with Gasteiger partial charge in [0.15, 0.2) is 5.82 Å². The third-order valence-corrected chi connectivity index (χ3v) is 7.21. The molecule has 38 heavy (non-hydrogen) atoms. The lowest BCUT2D eigenvalue weighted by atomic mass is 10.0. The van der Waals surface area contributed by atoms with Crippen LogP contribution in [-0.2, 0) is 25.8 Å². The molecule has 6 aromatic rings. The van der Waals surface area contributed by atoms with Crippen LogP contribution < -0.4 is 4.74 Å². The lowest BCUT2D eigenvalue weighted by Crippen LogP contribution is -2.19. The van der Waals surface area contributed by atoms with E-state index in [1.807, 2.05) is 12.1 Å². The molecule has 0 fully saturated rings. The number of aromatic nitrogens is 5. The van der Waals surface area contributed by atoms with Crippen molar-refractivity contribution < 1.29 is 4.74 Å². The molecule has 0 amide bonds. The molecule has 0 saturated heterocycles. The standard InChI is InChI=1S/C32H31N5O/c1-38-27-16-13-25(14-17-27)23-37-31(18-15-24-9-3-2-4-10-24)34-35-32(37)30(36-19-7-8-20-36)21-26-22-33-29-12-6-5-11-28(26)29/h2-14,16-17,19-20,22,30,33H,15,18,21,23H2,1H3. The van der Waals surface area contributed by atoms with E-state index in [1.54, 1.807) is 7.11 Å². The van der Waals surface area contributed by atoms with Crippen LogP contribution in [0.2, 0.25) is 0 Å². The first-order valence-electron chi connectivity index (χ1n) is 13.0. The zero-order chi connectivity index (χ0) is 25.7. The highest BCUT2D eigenvalue weighted by molar-refractivity contribution is 5.83. The van der Waals surface area contributed by atoms with Crippen molar-refractivity contribution in [2.45, 2.75) is 31.8 Å². The molecule has 6 nitrogen and oxygen atoms in total. The smallest absolute Gasteiger partial charge is 0.156 e. The van der Waals surface area contributed by atoms with Gasteiger partial charge in [0.2, 0.25) is 0 Å². The average molecular weight is 502 g/mol. The first-order chi connectivity index (χ1) is 18.8. The van der Waals surface area contributed by atoms with Crippen LogP contribution in [0.1, 0.15) is 34.4 Å². The lowest BCUT2D eigenvalue weighted by Gasteiger charge is -2.20. The van der Waals surface area contributed by atoms with E-state index in [-0.39, 0.29) is 6.04 Å². The van der Waals surface area contributed by atoms with E-state index < -0.39 is 0 Å². The SMILES string of the molecule is COc1ccc(Cn2c(CCc3ccccc3)nnc2C(Cc2c[nH]c3ccccc23)n2cccc2)cc1. The fourth-order valence-electron chi connectivity index (χ4n) is 5.16. The van der Waals surface area contributed by atoms with Gasteiger partial charge in [0.25, 0.3) is 0 Å². The van der Waals surface area contributed by atoms with Crippen LogP contribution in [0.15, 0.2) is 110 Å². The van der Waals surface area contributed by atoms with E-state index >= 15 is 0 Å². The van der Waals surface area contributed by atoms with Gasteiger partial charge in [0, 0.05) is 42.3 Å². The van der Waals surface area contributed by atoms with Crippen LogP contribution in [0, 0.1) is 0 Å². The molecule has 0 bridgehead atoms. The summed E-state index contributed by atoms with van der Waals surface area (Å²) in [5.74, 6) is 2.81. The van der Waals surface area contributed by atoms with Crippen LogP contribution >= 0.6 is 0 Å². The number of aromatic amines is 1. The largest absolute Gasteiger partial charge is 0.497 e. The molecule has 3 aromatic heterocycles. The second-order valence-electron chi connectivity index (χ2n) is 9.60. The highest BCUT2D eigenvalue weighted by Gasteiger charge is 2.24. The Balaban J connectivity index is 1.39. The molecule has 0 spiro atoms. The summed E-state index contributed by atoms with van der Waals surface area (Å²) in [7, 11) is 1.70. The fraction of sp³-hybridized carbons (Fsp3) is 0.188. The van der Waals surface area contributed by atoms with Crippen molar-refractivity contribution in [1.82, 2.24) is 24.3 Å². The quantitative estimate of drug-likeness (QED) is 0.242. The number of H-pyrrole nitrogens is 1. The predicted molar refractivity (Wildman–Crippen MR) is 151 cm³/mol. The van der Waals surface area contributed by atoms with E-state index in [1.165, 1.54) is 22.1 Å². The van der Waals surface area contributed by atoms with E-state index in [0.29, 0.717) is 6.54 Å². The maximum absolute atomic E-state index is 5.38. The van der Waals surface area contributed by atoms with E-state index in [2.05, 4.69) is 112 Å². The maximum Gasteiger partial charge on any atom is 0.156 e. The van der Waals surface area contributed by atoms with Gasteiger partial charge < -0.3 is 18.9 Å². The normalized spacial score (nSPS) is 12.1. The van der Waals surface area contributed by atoms with Gasteiger partial charge in [-0.15, -0.1) is 10.2 Å². The number of methoxy groups -OCH3 is 1. The van der Waals surface area contributed by atoms with Gasteiger partial charge in [-0.25, -0.2) is 0 Å². The number of hydrogen-bond donors (Lipinski definition) is 1. The van der Waals surface area contributed by atoms with Gasteiger partial charge in [0.1, 0.15) is 11.6 Å². The molecule has 0 saturated carbocycles.